The van der Waals surface area contributed by atoms with Gasteiger partial charge in [0.25, 0.3) is 5.91 Å². The molecule has 162 valence electrons. The van der Waals surface area contributed by atoms with Crippen LogP contribution in [-0.4, -0.2) is 59.1 Å². The van der Waals surface area contributed by atoms with Crippen molar-refractivity contribution < 1.29 is 14.1 Å². The molecule has 0 atom stereocenters. The lowest BCUT2D eigenvalue weighted by molar-refractivity contribution is 0.0615. The number of carbonyl (C=O) groups is 1. The van der Waals surface area contributed by atoms with Crippen molar-refractivity contribution in [2.24, 2.45) is 0 Å². The molecule has 1 saturated heterocycles. The summed E-state index contributed by atoms with van der Waals surface area (Å²) in [5, 5.41) is 4.09. The van der Waals surface area contributed by atoms with E-state index in [1.54, 1.807) is 7.11 Å². The van der Waals surface area contributed by atoms with Gasteiger partial charge in [-0.05, 0) is 47.9 Å². The number of ether oxygens (including phenoxy) is 1. The molecular weight excluding hydrogens is 392 g/mol. The Balaban J connectivity index is 1.31. The third-order valence-corrected chi connectivity index (χ3v) is 5.66. The molecule has 0 radical (unpaired) electrons. The fourth-order valence-electron chi connectivity index (χ4n) is 3.67. The van der Waals surface area contributed by atoms with Crippen molar-refractivity contribution in [3.05, 3.63) is 65.5 Å². The van der Waals surface area contributed by atoms with Crippen LogP contribution < -0.4 is 4.74 Å². The van der Waals surface area contributed by atoms with Crippen LogP contribution in [0.25, 0.3) is 11.4 Å². The second kappa shape index (κ2) is 9.31. The van der Waals surface area contributed by atoms with E-state index in [1.807, 2.05) is 53.4 Å². The molecule has 3 aromatic rings. The quantitative estimate of drug-likeness (QED) is 0.604. The number of nitrogens with zero attached hydrogens (tertiary/aromatic N) is 4. The number of hydrogen-bond acceptors (Lipinski definition) is 6. The highest BCUT2D eigenvalue weighted by Gasteiger charge is 2.23. The average molecular weight is 421 g/mol. The standard InChI is InChI=1S/C24H28N4O3/c1-17(2)18-4-6-20(7-5-18)24(29)28-14-12-27(13-15-28)16-22-25-23(26-31-22)19-8-10-21(30-3)11-9-19/h4-11,17H,12-16H2,1-3H3. The maximum absolute atomic E-state index is 12.8. The number of benzene rings is 2. The van der Waals surface area contributed by atoms with Gasteiger partial charge in [0.15, 0.2) is 0 Å². The van der Waals surface area contributed by atoms with Gasteiger partial charge in [0.1, 0.15) is 5.75 Å². The van der Waals surface area contributed by atoms with Crippen molar-refractivity contribution >= 4 is 5.91 Å². The molecule has 4 rings (SSSR count). The van der Waals surface area contributed by atoms with E-state index >= 15 is 0 Å². The van der Waals surface area contributed by atoms with Gasteiger partial charge in [-0.2, -0.15) is 4.98 Å². The minimum atomic E-state index is 0.0922. The zero-order chi connectivity index (χ0) is 21.8. The van der Waals surface area contributed by atoms with Crippen LogP contribution in [0.3, 0.4) is 0 Å². The molecule has 1 aliphatic rings. The summed E-state index contributed by atoms with van der Waals surface area (Å²) in [6.07, 6.45) is 0. The molecule has 0 spiro atoms. The number of carbonyl (C=O) groups excluding carboxylic acids is 1. The third kappa shape index (κ3) is 4.94. The van der Waals surface area contributed by atoms with Crippen LogP contribution >= 0.6 is 0 Å². The number of aromatic nitrogens is 2. The van der Waals surface area contributed by atoms with Crippen LogP contribution in [0.5, 0.6) is 5.75 Å². The molecule has 1 aliphatic heterocycles. The van der Waals surface area contributed by atoms with E-state index in [1.165, 1.54) is 5.56 Å². The average Bonchev–Trinajstić information content (AvgIpc) is 3.27. The van der Waals surface area contributed by atoms with E-state index in [-0.39, 0.29) is 5.91 Å². The lowest BCUT2D eigenvalue weighted by Crippen LogP contribution is -2.48. The second-order valence-electron chi connectivity index (χ2n) is 8.09. The molecule has 1 amide bonds. The zero-order valence-corrected chi connectivity index (χ0v) is 18.2. The number of methoxy groups -OCH3 is 1. The molecule has 7 heteroatoms. The fourth-order valence-corrected chi connectivity index (χ4v) is 3.67. The van der Waals surface area contributed by atoms with Crippen molar-refractivity contribution in [3.8, 4) is 17.1 Å². The molecule has 0 bridgehead atoms. The van der Waals surface area contributed by atoms with Crippen LogP contribution in [0.2, 0.25) is 0 Å². The van der Waals surface area contributed by atoms with Crippen molar-refractivity contribution in [2.45, 2.75) is 26.3 Å². The number of amides is 1. The molecule has 1 fully saturated rings. The summed E-state index contributed by atoms with van der Waals surface area (Å²) in [4.78, 5) is 21.5. The Morgan fingerprint density at radius 2 is 1.71 bits per heavy atom. The summed E-state index contributed by atoms with van der Waals surface area (Å²) in [5.74, 6) is 2.49. The van der Waals surface area contributed by atoms with E-state index in [0.717, 1.165) is 30.0 Å². The predicted molar refractivity (Wildman–Crippen MR) is 118 cm³/mol. The second-order valence-corrected chi connectivity index (χ2v) is 8.09. The largest absolute Gasteiger partial charge is 0.497 e. The lowest BCUT2D eigenvalue weighted by atomic mass is 10.0. The SMILES string of the molecule is COc1ccc(-c2noc(CN3CCN(C(=O)c4ccc(C(C)C)cc4)CC3)n2)cc1. The fraction of sp³-hybridized carbons (Fsp3) is 0.375. The van der Waals surface area contributed by atoms with Crippen LogP contribution in [0.1, 0.15) is 41.6 Å². The van der Waals surface area contributed by atoms with E-state index in [4.69, 9.17) is 9.26 Å². The van der Waals surface area contributed by atoms with Crippen LogP contribution in [0, 0.1) is 0 Å². The van der Waals surface area contributed by atoms with Crippen molar-refractivity contribution in [3.63, 3.8) is 0 Å². The Bertz CT molecular complexity index is 1000. The molecule has 0 N–H and O–H groups in total. The van der Waals surface area contributed by atoms with Crippen LogP contribution in [0.4, 0.5) is 0 Å². The lowest BCUT2D eigenvalue weighted by Gasteiger charge is -2.34. The van der Waals surface area contributed by atoms with Gasteiger partial charge >= 0.3 is 0 Å². The molecule has 7 nitrogen and oxygen atoms in total. The first-order chi connectivity index (χ1) is 15.0. The summed E-state index contributed by atoms with van der Waals surface area (Å²) in [6, 6.07) is 15.5. The zero-order valence-electron chi connectivity index (χ0n) is 18.2. The maximum Gasteiger partial charge on any atom is 0.253 e. The molecular formula is C24H28N4O3. The normalized spacial score (nSPS) is 14.8. The molecule has 31 heavy (non-hydrogen) atoms. The molecule has 2 aromatic carbocycles. The third-order valence-electron chi connectivity index (χ3n) is 5.66. The Morgan fingerprint density at radius 3 is 2.32 bits per heavy atom. The smallest absolute Gasteiger partial charge is 0.253 e. The maximum atomic E-state index is 12.8. The highest BCUT2D eigenvalue weighted by atomic mass is 16.5. The van der Waals surface area contributed by atoms with Crippen LogP contribution in [-0.2, 0) is 6.54 Å². The van der Waals surface area contributed by atoms with Gasteiger partial charge in [-0.15, -0.1) is 0 Å². The minimum absolute atomic E-state index is 0.0922. The highest BCUT2D eigenvalue weighted by molar-refractivity contribution is 5.94. The number of rotatable bonds is 6. The van der Waals surface area contributed by atoms with Gasteiger partial charge in [0.2, 0.25) is 11.7 Å². The van der Waals surface area contributed by atoms with E-state index in [2.05, 4.69) is 28.9 Å². The van der Waals surface area contributed by atoms with Crippen molar-refractivity contribution in [2.75, 3.05) is 33.3 Å². The molecule has 0 unspecified atom stereocenters. The molecule has 2 heterocycles. The molecule has 0 aliphatic carbocycles. The Labute approximate surface area is 182 Å². The summed E-state index contributed by atoms with van der Waals surface area (Å²) in [6.45, 7) is 7.80. The number of piperazine rings is 1. The van der Waals surface area contributed by atoms with Gasteiger partial charge in [-0.25, -0.2) is 0 Å². The summed E-state index contributed by atoms with van der Waals surface area (Å²) >= 11 is 0. The minimum Gasteiger partial charge on any atom is -0.497 e. The highest BCUT2D eigenvalue weighted by Crippen LogP contribution is 2.21. The topological polar surface area (TPSA) is 71.7 Å². The Morgan fingerprint density at radius 1 is 1.03 bits per heavy atom. The first-order valence-corrected chi connectivity index (χ1v) is 10.6. The molecule has 0 saturated carbocycles. The predicted octanol–water partition coefficient (Wildman–Crippen LogP) is 3.83. The number of hydrogen-bond donors (Lipinski definition) is 0. The summed E-state index contributed by atoms with van der Waals surface area (Å²) in [7, 11) is 1.64. The Hall–Kier alpha value is -3.19. The van der Waals surface area contributed by atoms with Crippen LogP contribution in [0.15, 0.2) is 53.1 Å². The van der Waals surface area contributed by atoms with Gasteiger partial charge in [-0.3, -0.25) is 9.69 Å². The van der Waals surface area contributed by atoms with E-state index in [9.17, 15) is 4.79 Å². The summed E-state index contributed by atoms with van der Waals surface area (Å²) in [5.41, 5.74) is 2.88. The van der Waals surface area contributed by atoms with Gasteiger partial charge in [0, 0.05) is 37.3 Å². The first-order valence-electron chi connectivity index (χ1n) is 10.6. The van der Waals surface area contributed by atoms with Gasteiger partial charge in [-0.1, -0.05) is 31.1 Å². The van der Waals surface area contributed by atoms with Crippen molar-refractivity contribution in [1.29, 1.82) is 0 Å². The van der Waals surface area contributed by atoms with E-state index in [0.29, 0.717) is 37.3 Å². The van der Waals surface area contributed by atoms with E-state index < -0.39 is 0 Å². The molecule has 1 aromatic heterocycles. The monoisotopic (exact) mass is 420 g/mol. The van der Waals surface area contributed by atoms with Gasteiger partial charge < -0.3 is 14.2 Å². The first kappa shape index (κ1) is 21.1. The van der Waals surface area contributed by atoms with Gasteiger partial charge in [0.05, 0.1) is 13.7 Å². The summed E-state index contributed by atoms with van der Waals surface area (Å²) < 4.78 is 10.6. The Kier molecular flexibility index (Phi) is 6.32. The van der Waals surface area contributed by atoms with Crippen molar-refractivity contribution in [1.82, 2.24) is 19.9 Å².